The summed E-state index contributed by atoms with van der Waals surface area (Å²) < 4.78 is 20.7. The van der Waals surface area contributed by atoms with Gasteiger partial charge >= 0.3 is 23.9 Å². The quantitative estimate of drug-likeness (QED) is 0.483. The summed E-state index contributed by atoms with van der Waals surface area (Å²) in [5.41, 5.74) is 0.559. The van der Waals surface area contributed by atoms with E-state index in [0.29, 0.717) is 5.69 Å². The molecule has 0 saturated carbocycles. The van der Waals surface area contributed by atoms with Gasteiger partial charge in [-0.3, -0.25) is 0 Å². The van der Waals surface area contributed by atoms with Crippen molar-refractivity contribution in [3.05, 3.63) is 42.0 Å². The van der Waals surface area contributed by atoms with Gasteiger partial charge in [0.05, 0.1) is 11.3 Å². The van der Waals surface area contributed by atoms with E-state index < -0.39 is 36.5 Å². The molecular formula is C16H10N2O8. The first-order valence-corrected chi connectivity index (χ1v) is 7.40. The zero-order valence-corrected chi connectivity index (χ0v) is 12.9. The molecule has 0 fully saturated rings. The first-order chi connectivity index (χ1) is 12.5. The van der Waals surface area contributed by atoms with Gasteiger partial charge in [0.15, 0.2) is 17.7 Å². The Morgan fingerprint density at radius 2 is 1.42 bits per heavy atom. The fraction of sp³-hybridized carbons (Fsp3) is 0.125. The van der Waals surface area contributed by atoms with E-state index >= 15 is 0 Å². The van der Waals surface area contributed by atoms with Gasteiger partial charge in [0, 0.05) is 24.3 Å². The third-order valence-electron chi connectivity index (χ3n) is 3.60. The van der Waals surface area contributed by atoms with Crippen LogP contribution in [0.25, 0.3) is 0 Å². The lowest BCUT2D eigenvalue weighted by molar-refractivity contribution is -0.150. The molecule has 2 unspecified atom stereocenters. The van der Waals surface area contributed by atoms with E-state index in [0.717, 1.165) is 24.3 Å². The lowest BCUT2D eigenvalue weighted by Gasteiger charge is -2.33. The van der Waals surface area contributed by atoms with Gasteiger partial charge in [-0.05, 0) is 12.1 Å². The summed E-state index contributed by atoms with van der Waals surface area (Å²) in [6.45, 7) is 0. The van der Waals surface area contributed by atoms with Crippen LogP contribution in [0.5, 0.6) is 11.5 Å². The van der Waals surface area contributed by atoms with Gasteiger partial charge < -0.3 is 24.3 Å². The highest BCUT2D eigenvalue weighted by molar-refractivity contribution is 5.96. The zero-order chi connectivity index (χ0) is 18.3. The normalized spacial score (nSPS) is 26.5. The molecule has 3 aliphatic heterocycles. The molecule has 0 spiro atoms. The van der Waals surface area contributed by atoms with Crippen LogP contribution in [0.3, 0.4) is 0 Å². The number of carbonyl (C=O) groups excluding carboxylic acids is 4. The molecule has 26 heavy (non-hydrogen) atoms. The number of anilines is 1. The van der Waals surface area contributed by atoms with E-state index in [2.05, 4.69) is 10.6 Å². The van der Waals surface area contributed by atoms with Crippen molar-refractivity contribution < 1.29 is 38.1 Å². The second-order valence-electron chi connectivity index (χ2n) is 5.31. The largest absolute Gasteiger partial charge is 0.439 e. The molecule has 4 rings (SSSR count). The van der Waals surface area contributed by atoms with Crippen molar-refractivity contribution >= 4 is 29.6 Å². The fourth-order valence-corrected chi connectivity index (χ4v) is 2.57. The molecule has 1 aromatic carbocycles. The molecular weight excluding hydrogens is 348 g/mol. The van der Waals surface area contributed by atoms with Crippen molar-refractivity contribution in [2.45, 2.75) is 12.6 Å². The van der Waals surface area contributed by atoms with E-state index in [1.54, 1.807) is 0 Å². The van der Waals surface area contributed by atoms with Crippen LogP contribution in [0.2, 0.25) is 0 Å². The molecule has 0 amide bonds. The number of rotatable bonds is 0. The number of nitrogens with one attached hydrogen (secondary N) is 2. The van der Waals surface area contributed by atoms with Crippen molar-refractivity contribution in [2.24, 2.45) is 0 Å². The van der Waals surface area contributed by atoms with E-state index in [9.17, 15) is 19.2 Å². The van der Waals surface area contributed by atoms with Gasteiger partial charge in [0.25, 0.3) is 0 Å². The summed E-state index contributed by atoms with van der Waals surface area (Å²) in [4.78, 5) is 47.0. The van der Waals surface area contributed by atoms with Gasteiger partial charge in [0.1, 0.15) is 0 Å². The van der Waals surface area contributed by atoms with Crippen LogP contribution in [-0.2, 0) is 28.7 Å². The molecule has 2 bridgehead atoms. The predicted octanol–water partition coefficient (Wildman–Crippen LogP) is 0.0207. The van der Waals surface area contributed by atoms with Crippen LogP contribution in [0, 0.1) is 0 Å². The average Bonchev–Trinajstić information content (AvgIpc) is 2.63. The van der Waals surface area contributed by atoms with E-state index in [-0.39, 0.29) is 17.1 Å². The highest BCUT2D eigenvalue weighted by atomic mass is 16.6. The second kappa shape index (κ2) is 6.01. The minimum atomic E-state index is -1.14. The Morgan fingerprint density at radius 1 is 0.769 bits per heavy atom. The van der Waals surface area contributed by atoms with Gasteiger partial charge in [-0.2, -0.15) is 0 Å². The minimum absolute atomic E-state index is 0.0306. The highest BCUT2D eigenvalue weighted by Crippen LogP contribution is 2.43. The zero-order valence-electron chi connectivity index (χ0n) is 12.9. The van der Waals surface area contributed by atoms with Gasteiger partial charge in [0.2, 0.25) is 6.35 Å². The number of benzene rings is 1. The lowest BCUT2D eigenvalue weighted by atomic mass is 10.1. The van der Waals surface area contributed by atoms with Crippen molar-refractivity contribution in [1.29, 1.82) is 0 Å². The van der Waals surface area contributed by atoms with Crippen LogP contribution in [0.15, 0.2) is 36.4 Å². The third-order valence-corrected chi connectivity index (χ3v) is 3.60. The summed E-state index contributed by atoms with van der Waals surface area (Å²) in [5, 5.41) is 5.59. The van der Waals surface area contributed by atoms with Gasteiger partial charge in [-0.15, -0.1) is 0 Å². The Balaban J connectivity index is 1.83. The first-order valence-electron chi connectivity index (χ1n) is 7.40. The Hall–Kier alpha value is -3.66. The summed E-state index contributed by atoms with van der Waals surface area (Å²) in [5.74, 6) is -3.28. The maximum Gasteiger partial charge on any atom is 0.336 e. The topological polar surface area (TPSA) is 129 Å². The Bertz CT molecular complexity index is 904. The van der Waals surface area contributed by atoms with Gasteiger partial charge in [-0.1, -0.05) is 0 Å². The molecule has 0 aromatic heterocycles. The van der Waals surface area contributed by atoms with Crippen LogP contribution in [0.1, 0.15) is 11.8 Å². The van der Waals surface area contributed by atoms with E-state index in [1.165, 1.54) is 12.1 Å². The molecule has 0 saturated heterocycles. The maximum atomic E-state index is 11.9. The second-order valence-corrected chi connectivity index (χ2v) is 5.31. The summed E-state index contributed by atoms with van der Waals surface area (Å²) in [6.07, 6.45) is 1.54. The minimum Gasteiger partial charge on any atom is -0.439 e. The number of esters is 4. The maximum absolute atomic E-state index is 11.9. The number of carbonyl (C=O) groups is 4. The van der Waals surface area contributed by atoms with Gasteiger partial charge in [-0.25, -0.2) is 24.5 Å². The Kier molecular flexibility index (Phi) is 3.66. The summed E-state index contributed by atoms with van der Waals surface area (Å²) in [7, 11) is 0. The lowest BCUT2D eigenvalue weighted by Crippen LogP contribution is -2.47. The van der Waals surface area contributed by atoms with Crippen LogP contribution < -0.4 is 20.1 Å². The highest BCUT2D eigenvalue weighted by Gasteiger charge is 2.36. The predicted molar refractivity (Wildman–Crippen MR) is 81.5 cm³/mol. The number of fused-ring (bicyclic) bond motifs is 6. The standard InChI is InChI=1S/C16H10N2O8/c19-9-3-4-10(20)24-14-8(23-9)2-1-7-13(14)15-18-16(17-7)26-12(22)6-5-11(21)25-15/h1-6,15-18H/b4-3-,6-5-. The number of hydrogen-bond acceptors (Lipinski definition) is 10. The molecule has 3 aliphatic rings. The third kappa shape index (κ3) is 2.89. The SMILES string of the molecule is O=C1/C=C\C(=O)Oc2c(ccc3c2C2NC(N3)OC(=O)/C=C\C(=O)O2)O1. The monoisotopic (exact) mass is 358 g/mol. The molecule has 1 aromatic rings. The Labute approximate surface area is 145 Å². The average molecular weight is 358 g/mol. The molecule has 0 aliphatic carbocycles. The van der Waals surface area contributed by atoms with Crippen LogP contribution >= 0.6 is 0 Å². The summed E-state index contributed by atoms with van der Waals surface area (Å²) >= 11 is 0. The molecule has 3 heterocycles. The number of ether oxygens (including phenoxy) is 4. The fourth-order valence-electron chi connectivity index (χ4n) is 2.57. The smallest absolute Gasteiger partial charge is 0.336 e. The van der Waals surface area contributed by atoms with Crippen molar-refractivity contribution in [3.8, 4) is 11.5 Å². The van der Waals surface area contributed by atoms with Crippen molar-refractivity contribution in [1.82, 2.24) is 5.32 Å². The molecule has 0 radical (unpaired) electrons. The Morgan fingerprint density at radius 3 is 2.19 bits per heavy atom. The summed E-state index contributed by atoms with van der Waals surface area (Å²) in [6, 6.07) is 2.90. The molecule has 132 valence electrons. The molecule has 2 N–H and O–H groups in total. The van der Waals surface area contributed by atoms with E-state index in [1.807, 2.05) is 0 Å². The molecule has 10 nitrogen and oxygen atoms in total. The van der Waals surface area contributed by atoms with Crippen LogP contribution in [0.4, 0.5) is 5.69 Å². The van der Waals surface area contributed by atoms with E-state index in [4.69, 9.17) is 18.9 Å². The first kappa shape index (κ1) is 15.8. The number of hydrogen-bond donors (Lipinski definition) is 2. The molecule has 2 atom stereocenters. The molecule has 10 heteroatoms. The van der Waals surface area contributed by atoms with Crippen molar-refractivity contribution in [3.63, 3.8) is 0 Å². The van der Waals surface area contributed by atoms with Crippen molar-refractivity contribution in [2.75, 3.05) is 5.32 Å². The van der Waals surface area contributed by atoms with Crippen LogP contribution in [-0.4, -0.2) is 30.2 Å².